The molecule has 0 bridgehead atoms. The molecule has 0 aliphatic carbocycles. The van der Waals surface area contributed by atoms with Crippen LogP contribution in [0.1, 0.15) is 4.88 Å². The number of carbonyl (C=O) groups excluding carboxylic acids is 1. The van der Waals surface area contributed by atoms with Crippen LogP contribution < -0.4 is 5.32 Å². The summed E-state index contributed by atoms with van der Waals surface area (Å²) >= 11 is 7.42. The predicted octanol–water partition coefficient (Wildman–Crippen LogP) is 2.81. The summed E-state index contributed by atoms with van der Waals surface area (Å²) in [6.07, 6.45) is 0. The van der Waals surface area contributed by atoms with Crippen molar-refractivity contribution in [3.8, 4) is 0 Å². The third-order valence-corrected chi connectivity index (χ3v) is 5.01. The molecule has 25 heavy (non-hydrogen) atoms. The average molecular weight is 379 g/mol. The van der Waals surface area contributed by atoms with E-state index < -0.39 is 0 Å². The Hall–Kier alpha value is -2.09. The summed E-state index contributed by atoms with van der Waals surface area (Å²) in [7, 11) is 1.77. The minimum Gasteiger partial charge on any atom is -0.395 e. The van der Waals surface area contributed by atoms with Gasteiger partial charge in [0.25, 0.3) is 0 Å². The third kappa shape index (κ3) is 4.12. The lowest BCUT2D eigenvalue weighted by Gasteiger charge is -2.18. The fourth-order valence-corrected chi connectivity index (χ4v) is 3.69. The lowest BCUT2D eigenvalue weighted by atomic mass is 10.3. The summed E-state index contributed by atoms with van der Waals surface area (Å²) < 4.78 is 2.55. The Morgan fingerprint density at radius 1 is 1.36 bits per heavy atom. The van der Waals surface area contributed by atoms with E-state index in [4.69, 9.17) is 16.7 Å². The number of imidazole rings is 1. The Morgan fingerprint density at radius 3 is 2.88 bits per heavy atom. The van der Waals surface area contributed by atoms with E-state index >= 15 is 0 Å². The number of amides is 1. The summed E-state index contributed by atoms with van der Waals surface area (Å²) in [6.45, 7) is 1.06. The van der Waals surface area contributed by atoms with E-state index in [9.17, 15) is 4.79 Å². The van der Waals surface area contributed by atoms with E-state index in [1.165, 1.54) is 11.3 Å². The van der Waals surface area contributed by atoms with Gasteiger partial charge < -0.3 is 19.9 Å². The fraction of sp³-hybridized carbons (Fsp3) is 0.294. The van der Waals surface area contributed by atoms with Crippen molar-refractivity contribution in [2.24, 2.45) is 0 Å². The molecule has 0 aliphatic heterocycles. The second kappa shape index (κ2) is 7.86. The Kier molecular flexibility index (Phi) is 5.57. The molecule has 2 aromatic heterocycles. The first-order valence-corrected chi connectivity index (χ1v) is 9.06. The minimum atomic E-state index is -0.0280. The number of benzene rings is 1. The number of halogens is 1. The molecule has 0 saturated carbocycles. The van der Waals surface area contributed by atoms with E-state index in [0.717, 1.165) is 15.9 Å². The standard InChI is InChI=1S/C17H19ClN4O2S/c1-21(10-12-6-7-15(18)25-12)16(24)11-22-14-5-3-2-4-13(14)20-17(22)19-8-9-23/h2-7,23H,8-11H2,1H3,(H,19,20). The number of aromatic nitrogens is 2. The van der Waals surface area contributed by atoms with Gasteiger partial charge in [0.05, 0.1) is 28.5 Å². The third-order valence-electron chi connectivity index (χ3n) is 3.79. The quantitative estimate of drug-likeness (QED) is 0.663. The second-order valence-corrected chi connectivity index (χ2v) is 7.42. The van der Waals surface area contributed by atoms with Crippen LogP contribution in [0, 0.1) is 0 Å². The van der Waals surface area contributed by atoms with Crippen LogP contribution in [0.2, 0.25) is 4.34 Å². The van der Waals surface area contributed by atoms with Crippen LogP contribution in [0.25, 0.3) is 11.0 Å². The summed E-state index contributed by atoms with van der Waals surface area (Å²) in [5.74, 6) is 0.552. The van der Waals surface area contributed by atoms with Crippen molar-refractivity contribution in [1.29, 1.82) is 0 Å². The highest BCUT2D eigenvalue weighted by molar-refractivity contribution is 7.16. The van der Waals surface area contributed by atoms with Gasteiger partial charge in [0, 0.05) is 18.5 Å². The normalized spacial score (nSPS) is 11.0. The molecule has 1 aromatic carbocycles. The first-order valence-electron chi connectivity index (χ1n) is 7.86. The van der Waals surface area contributed by atoms with Gasteiger partial charge in [0.2, 0.25) is 11.9 Å². The monoisotopic (exact) mass is 378 g/mol. The number of nitrogens with one attached hydrogen (secondary N) is 1. The molecule has 0 saturated heterocycles. The number of aliphatic hydroxyl groups is 1. The molecule has 1 amide bonds. The molecule has 0 atom stereocenters. The average Bonchev–Trinajstić information content (AvgIpc) is 3.16. The van der Waals surface area contributed by atoms with Crippen LogP contribution >= 0.6 is 22.9 Å². The smallest absolute Gasteiger partial charge is 0.242 e. The first-order chi connectivity index (χ1) is 12.1. The van der Waals surface area contributed by atoms with Crippen molar-refractivity contribution in [2.45, 2.75) is 13.1 Å². The lowest BCUT2D eigenvalue weighted by Crippen LogP contribution is -2.30. The minimum absolute atomic E-state index is 0.00378. The molecule has 3 rings (SSSR count). The molecule has 2 N–H and O–H groups in total. The van der Waals surface area contributed by atoms with Crippen molar-refractivity contribution in [1.82, 2.24) is 14.5 Å². The van der Waals surface area contributed by atoms with E-state index in [0.29, 0.717) is 23.4 Å². The van der Waals surface area contributed by atoms with Crippen molar-refractivity contribution < 1.29 is 9.90 Å². The summed E-state index contributed by atoms with van der Waals surface area (Å²) in [6, 6.07) is 11.4. The molecular formula is C17H19ClN4O2S. The van der Waals surface area contributed by atoms with Crippen LogP contribution in [0.15, 0.2) is 36.4 Å². The van der Waals surface area contributed by atoms with Crippen molar-refractivity contribution in [3.05, 3.63) is 45.6 Å². The lowest BCUT2D eigenvalue weighted by molar-refractivity contribution is -0.130. The van der Waals surface area contributed by atoms with Crippen molar-refractivity contribution in [3.63, 3.8) is 0 Å². The van der Waals surface area contributed by atoms with Gasteiger partial charge in [-0.2, -0.15) is 0 Å². The van der Waals surface area contributed by atoms with Crippen molar-refractivity contribution in [2.75, 3.05) is 25.5 Å². The summed E-state index contributed by atoms with van der Waals surface area (Å²) in [4.78, 5) is 19.9. The number of rotatable bonds is 7. The van der Waals surface area contributed by atoms with Crippen LogP contribution in [0.4, 0.5) is 5.95 Å². The molecule has 0 fully saturated rings. The van der Waals surface area contributed by atoms with Gasteiger partial charge in [0.1, 0.15) is 6.54 Å². The zero-order valence-electron chi connectivity index (χ0n) is 13.8. The van der Waals surface area contributed by atoms with Crippen LogP contribution in [0.3, 0.4) is 0 Å². The maximum absolute atomic E-state index is 12.7. The largest absolute Gasteiger partial charge is 0.395 e. The highest BCUT2D eigenvalue weighted by Crippen LogP contribution is 2.23. The summed E-state index contributed by atoms with van der Waals surface area (Å²) in [5, 5.41) is 12.1. The topological polar surface area (TPSA) is 70.4 Å². The van der Waals surface area contributed by atoms with E-state index in [1.54, 1.807) is 11.9 Å². The Bertz CT molecular complexity index is 877. The second-order valence-electron chi connectivity index (χ2n) is 5.62. The Morgan fingerprint density at radius 2 is 2.16 bits per heavy atom. The number of carbonyl (C=O) groups is 1. The predicted molar refractivity (Wildman–Crippen MR) is 101 cm³/mol. The van der Waals surface area contributed by atoms with Gasteiger partial charge >= 0.3 is 0 Å². The molecule has 2 heterocycles. The highest BCUT2D eigenvalue weighted by Gasteiger charge is 2.16. The van der Waals surface area contributed by atoms with Gasteiger partial charge in [-0.25, -0.2) is 4.98 Å². The van der Waals surface area contributed by atoms with E-state index in [-0.39, 0.29) is 19.1 Å². The molecule has 0 unspecified atom stereocenters. The van der Waals surface area contributed by atoms with Crippen LogP contribution in [-0.2, 0) is 17.9 Å². The van der Waals surface area contributed by atoms with Crippen LogP contribution in [-0.4, -0.2) is 45.7 Å². The van der Waals surface area contributed by atoms with Crippen molar-refractivity contribution >= 4 is 45.8 Å². The Balaban J connectivity index is 1.79. The summed E-state index contributed by atoms with van der Waals surface area (Å²) in [5.41, 5.74) is 1.69. The number of likely N-dealkylation sites (N-methyl/N-ethyl adjacent to an activating group) is 1. The molecule has 0 spiro atoms. The number of thiophene rings is 1. The number of nitrogens with zero attached hydrogens (tertiary/aromatic N) is 3. The molecule has 0 radical (unpaired) electrons. The number of fused-ring (bicyclic) bond motifs is 1. The number of aliphatic hydroxyl groups excluding tert-OH is 1. The molecular weight excluding hydrogens is 360 g/mol. The van der Waals surface area contributed by atoms with Gasteiger partial charge in [-0.15, -0.1) is 11.3 Å². The number of hydrogen-bond donors (Lipinski definition) is 2. The number of hydrogen-bond acceptors (Lipinski definition) is 5. The van der Waals surface area contributed by atoms with Gasteiger partial charge in [0.15, 0.2) is 0 Å². The van der Waals surface area contributed by atoms with E-state index in [2.05, 4.69) is 10.3 Å². The first kappa shape index (κ1) is 17.7. The molecule has 6 nitrogen and oxygen atoms in total. The molecule has 3 aromatic rings. The number of para-hydroxylation sites is 2. The zero-order chi connectivity index (χ0) is 17.8. The van der Waals surface area contributed by atoms with Gasteiger partial charge in [-0.05, 0) is 24.3 Å². The number of anilines is 1. The van der Waals surface area contributed by atoms with Gasteiger partial charge in [-0.3, -0.25) is 4.79 Å². The van der Waals surface area contributed by atoms with Crippen LogP contribution in [0.5, 0.6) is 0 Å². The maximum atomic E-state index is 12.7. The van der Waals surface area contributed by atoms with E-state index in [1.807, 2.05) is 41.0 Å². The highest BCUT2D eigenvalue weighted by atomic mass is 35.5. The van der Waals surface area contributed by atoms with Gasteiger partial charge in [-0.1, -0.05) is 23.7 Å². The Labute approximate surface area is 154 Å². The molecule has 0 aliphatic rings. The zero-order valence-corrected chi connectivity index (χ0v) is 15.3. The fourth-order valence-electron chi connectivity index (χ4n) is 2.55. The maximum Gasteiger partial charge on any atom is 0.242 e. The molecule has 8 heteroatoms. The SMILES string of the molecule is CN(Cc1ccc(Cl)s1)C(=O)Cn1c(NCCO)nc2ccccc21. The molecule has 132 valence electrons.